The minimum absolute atomic E-state index is 0.118. The van der Waals surface area contributed by atoms with Crippen LogP contribution in [0.25, 0.3) is 0 Å². The number of allylic oxidation sites excluding steroid dienone is 30. The Morgan fingerprint density at radius 2 is 0.468 bits per heavy atom. The first-order chi connectivity index (χ1) is 39.0. The molecule has 6 nitrogen and oxygen atoms in total. The summed E-state index contributed by atoms with van der Waals surface area (Å²) in [7, 11) is 0. The lowest BCUT2D eigenvalue weighted by molar-refractivity contribution is -0.167. The van der Waals surface area contributed by atoms with Gasteiger partial charge in [0.05, 0.1) is 0 Å². The van der Waals surface area contributed by atoms with Gasteiger partial charge in [0, 0.05) is 19.3 Å². The van der Waals surface area contributed by atoms with Gasteiger partial charge in [-0.2, -0.15) is 0 Å². The predicted octanol–water partition coefficient (Wildman–Crippen LogP) is 21.7. The van der Waals surface area contributed by atoms with E-state index in [1.807, 2.05) is 0 Å². The molecule has 0 aliphatic heterocycles. The van der Waals surface area contributed by atoms with Crippen LogP contribution in [0.1, 0.15) is 239 Å². The van der Waals surface area contributed by atoms with Crippen molar-refractivity contribution in [2.75, 3.05) is 13.2 Å². The Bertz CT molecular complexity index is 1870. The lowest BCUT2D eigenvalue weighted by Gasteiger charge is -2.18. The van der Waals surface area contributed by atoms with Crippen LogP contribution in [-0.4, -0.2) is 37.2 Å². The molecular weight excluding hydrogens is 973 g/mol. The second-order valence-corrected chi connectivity index (χ2v) is 19.8. The quantitative estimate of drug-likeness (QED) is 0.0261. The number of unbranched alkanes of at least 4 members (excludes halogenated alkanes) is 13. The molecule has 0 rings (SSSR count). The molecule has 0 radical (unpaired) electrons. The van der Waals surface area contributed by atoms with Crippen LogP contribution in [0.4, 0.5) is 0 Å². The lowest BCUT2D eigenvalue weighted by Crippen LogP contribution is -2.30. The highest BCUT2D eigenvalue weighted by Gasteiger charge is 2.19. The summed E-state index contributed by atoms with van der Waals surface area (Å²) in [5.41, 5.74) is 0. The highest BCUT2D eigenvalue weighted by molar-refractivity contribution is 5.71. The zero-order valence-corrected chi connectivity index (χ0v) is 50.3. The smallest absolute Gasteiger partial charge is 0.306 e. The molecule has 0 aromatic rings. The Morgan fingerprint density at radius 3 is 0.759 bits per heavy atom. The largest absolute Gasteiger partial charge is 0.462 e. The van der Waals surface area contributed by atoms with Crippen LogP contribution in [0.2, 0.25) is 0 Å². The second kappa shape index (κ2) is 65.0. The van der Waals surface area contributed by atoms with Crippen LogP contribution >= 0.6 is 0 Å². The first-order valence-corrected chi connectivity index (χ1v) is 31.3. The van der Waals surface area contributed by atoms with Crippen molar-refractivity contribution in [2.24, 2.45) is 0 Å². The van der Waals surface area contributed by atoms with Gasteiger partial charge in [-0.3, -0.25) is 14.4 Å². The summed E-state index contributed by atoms with van der Waals surface area (Å²) < 4.78 is 16.8. The molecule has 0 aliphatic rings. The lowest BCUT2D eigenvalue weighted by atomic mass is 10.1. The minimum atomic E-state index is -0.826. The van der Waals surface area contributed by atoms with Gasteiger partial charge in [0.1, 0.15) is 13.2 Å². The Balaban J connectivity index is 4.51. The van der Waals surface area contributed by atoms with E-state index in [4.69, 9.17) is 14.2 Å². The van der Waals surface area contributed by atoms with Crippen molar-refractivity contribution in [1.29, 1.82) is 0 Å². The van der Waals surface area contributed by atoms with Gasteiger partial charge < -0.3 is 14.2 Å². The number of hydrogen-bond acceptors (Lipinski definition) is 6. The fourth-order valence-electron chi connectivity index (χ4n) is 7.82. The first kappa shape index (κ1) is 73.5. The average Bonchev–Trinajstić information content (AvgIpc) is 3.45. The molecule has 6 heteroatoms. The van der Waals surface area contributed by atoms with E-state index < -0.39 is 6.10 Å². The van der Waals surface area contributed by atoms with Gasteiger partial charge >= 0.3 is 17.9 Å². The van der Waals surface area contributed by atoms with Crippen LogP contribution in [0.15, 0.2) is 182 Å². The van der Waals surface area contributed by atoms with Crippen molar-refractivity contribution in [3.63, 3.8) is 0 Å². The highest BCUT2D eigenvalue weighted by Crippen LogP contribution is 2.13. The third-order valence-corrected chi connectivity index (χ3v) is 12.4. The van der Waals surface area contributed by atoms with E-state index >= 15 is 0 Å². The predicted molar refractivity (Wildman–Crippen MR) is 343 cm³/mol. The van der Waals surface area contributed by atoms with E-state index in [1.165, 1.54) is 19.3 Å². The Hall–Kier alpha value is -5.49. The van der Waals surface area contributed by atoms with E-state index in [1.54, 1.807) is 0 Å². The van der Waals surface area contributed by atoms with Gasteiger partial charge in [0.25, 0.3) is 0 Å². The molecule has 0 N–H and O–H groups in total. The molecule has 0 amide bonds. The SMILES string of the molecule is CC/C=C\C/C=C\C/C=C\C/C=C\C/C=C\C/C=C\C/C=C\C/C=C\C/C=C\CCCC(=O)OCC(COC(=O)CCCCCCC/C=C\C/C=C\C/C=C\CC)OC(=O)CCCCCCCCC/C=C\C/C=C\C/C=C\CC. The van der Waals surface area contributed by atoms with Crippen molar-refractivity contribution in [1.82, 2.24) is 0 Å². The van der Waals surface area contributed by atoms with Crippen molar-refractivity contribution in [3.05, 3.63) is 182 Å². The standard InChI is InChI=1S/C73H112O6/c1-4-7-10-13-16-19-22-25-28-30-31-32-33-34-35-36-37-38-39-40-41-43-45-48-51-54-57-60-63-66-72(75)78-69-70(68-77-71(74)65-62-59-56-53-50-47-44-27-24-21-18-15-12-9-6-3)79-73(76)67-64-61-58-55-52-49-46-42-29-26-23-20-17-14-11-8-5-2/h7-12,16-21,25-29,31-32,34-35,37-38,40-41,44-45,48,54,57,70H,4-6,13-15,22-24,30,33,36,39,42-43,46-47,49-53,55-56,58-69H2,1-3H3/b10-7-,11-8-,12-9-,19-16-,20-17-,21-18-,28-25-,29-26-,32-31-,35-34-,38-37-,41-40-,44-27-,48-45-,57-54-. The van der Waals surface area contributed by atoms with Gasteiger partial charge in [-0.15, -0.1) is 0 Å². The van der Waals surface area contributed by atoms with Crippen molar-refractivity contribution in [3.8, 4) is 0 Å². The molecule has 0 saturated carbocycles. The fraction of sp³-hybridized carbons (Fsp3) is 0.548. The zero-order valence-electron chi connectivity index (χ0n) is 50.3. The van der Waals surface area contributed by atoms with Gasteiger partial charge in [0.15, 0.2) is 6.10 Å². The zero-order chi connectivity index (χ0) is 57.1. The molecule has 0 aromatic heterocycles. The molecule has 0 aromatic carbocycles. The van der Waals surface area contributed by atoms with Gasteiger partial charge in [-0.1, -0.05) is 254 Å². The maximum atomic E-state index is 12.9. The first-order valence-electron chi connectivity index (χ1n) is 31.3. The third-order valence-electron chi connectivity index (χ3n) is 12.4. The molecular formula is C73H112O6. The molecule has 0 saturated heterocycles. The number of carbonyl (C=O) groups is 3. The second-order valence-electron chi connectivity index (χ2n) is 19.8. The monoisotopic (exact) mass is 1080 g/mol. The van der Waals surface area contributed by atoms with E-state index in [0.29, 0.717) is 19.3 Å². The topological polar surface area (TPSA) is 78.9 Å². The Morgan fingerprint density at radius 1 is 0.253 bits per heavy atom. The fourth-order valence-corrected chi connectivity index (χ4v) is 7.82. The summed E-state index contributed by atoms with van der Waals surface area (Å²) in [6, 6.07) is 0. The van der Waals surface area contributed by atoms with E-state index in [0.717, 1.165) is 173 Å². The minimum Gasteiger partial charge on any atom is -0.462 e. The van der Waals surface area contributed by atoms with Crippen LogP contribution < -0.4 is 0 Å². The van der Waals surface area contributed by atoms with Gasteiger partial charge in [-0.25, -0.2) is 0 Å². The summed E-state index contributed by atoms with van der Waals surface area (Å²) in [5, 5.41) is 0. The van der Waals surface area contributed by atoms with Crippen LogP contribution in [0.5, 0.6) is 0 Å². The number of hydrogen-bond donors (Lipinski definition) is 0. The van der Waals surface area contributed by atoms with Gasteiger partial charge in [-0.05, 0) is 148 Å². The number of rotatable bonds is 54. The van der Waals surface area contributed by atoms with Gasteiger partial charge in [0.2, 0.25) is 0 Å². The summed E-state index contributed by atoms with van der Waals surface area (Å²) in [5.74, 6) is -1.01. The summed E-state index contributed by atoms with van der Waals surface area (Å²) in [6.07, 6.45) is 97.5. The normalized spacial score (nSPS) is 13.4. The maximum absolute atomic E-state index is 12.9. The van der Waals surface area contributed by atoms with E-state index in [9.17, 15) is 14.4 Å². The molecule has 0 bridgehead atoms. The molecule has 1 unspecified atom stereocenters. The summed E-state index contributed by atoms with van der Waals surface area (Å²) in [6.45, 7) is 6.22. The molecule has 0 heterocycles. The molecule has 440 valence electrons. The summed E-state index contributed by atoms with van der Waals surface area (Å²) >= 11 is 0. The summed E-state index contributed by atoms with van der Waals surface area (Å²) in [4.78, 5) is 38.3. The molecule has 0 spiro atoms. The maximum Gasteiger partial charge on any atom is 0.306 e. The number of ether oxygens (including phenoxy) is 3. The van der Waals surface area contributed by atoms with Crippen LogP contribution in [0, 0.1) is 0 Å². The number of carbonyl (C=O) groups excluding carboxylic acids is 3. The van der Waals surface area contributed by atoms with E-state index in [2.05, 4.69) is 203 Å². The van der Waals surface area contributed by atoms with E-state index in [-0.39, 0.29) is 37.5 Å². The van der Waals surface area contributed by atoms with Crippen molar-refractivity contribution in [2.45, 2.75) is 245 Å². The highest BCUT2D eigenvalue weighted by atomic mass is 16.6. The molecule has 1 atom stereocenters. The average molecular weight is 1090 g/mol. The Kier molecular flexibility index (Phi) is 60.5. The molecule has 79 heavy (non-hydrogen) atoms. The molecule has 0 fully saturated rings. The van der Waals surface area contributed by atoms with Crippen molar-refractivity contribution < 1.29 is 28.6 Å². The Labute approximate surface area is 484 Å². The van der Waals surface area contributed by atoms with Crippen LogP contribution in [-0.2, 0) is 28.6 Å². The third kappa shape index (κ3) is 63.2. The molecule has 0 aliphatic carbocycles. The van der Waals surface area contributed by atoms with Crippen molar-refractivity contribution >= 4 is 17.9 Å². The number of esters is 3. The van der Waals surface area contributed by atoms with Crippen LogP contribution in [0.3, 0.4) is 0 Å².